The zero-order chi connectivity index (χ0) is 11.9. The summed E-state index contributed by atoms with van der Waals surface area (Å²) < 4.78 is 33.7. The molecule has 6 nitrogen and oxygen atoms in total. The van der Waals surface area contributed by atoms with Crippen LogP contribution in [0.5, 0.6) is 0 Å². The molecule has 0 saturated carbocycles. The predicted molar refractivity (Wildman–Crippen MR) is 54.8 cm³/mol. The van der Waals surface area contributed by atoms with E-state index in [1.54, 1.807) is 13.8 Å². The Kier molecular flexibility index (Phi) is 5.95. The van der Waals surface area contributed by atoms with Gasteiger partial charge < -0.3 is 10.1 Å². The molecular weight excluding hydrogens is 222 g/mol. The highest BCUT2D eigenvalue weighted by atomic mass is 32.2. The van der Waals surface area contributed by atoms with E-state index < -0.39 is 21.8 Å². The van der Waals surface area contributed by atoms with E-state index in [-0.39, 0.29) is 13.2 Å². The standard InChI is InChI=1S/C8H15NO5S/c1-3-14-8(10)6-7(2)9-4-5-15(11,12)13/h6,9H,3-5H2,1-2H3,(H,11,12,13)/b7-6+. The number of hydrogen-bond donors (Lipinski definition) is 2. The van der Waals surface area contributed by atoms with Gasteiger partial charge >= 0.3 is 5.97 Å². The van der Waals surface area contributed by atoms with Crippen molar-refractivity contribution in [3.8, 4) is 0 Å². The van der Waals surface area contributed by atoms with Gasteiger partial charge in [0.1, 0.15) is 0 Å². The van der Waals surface area contributed by atoms with Gasteiger partial charge in [-0.15, -0.1) is 0 Å². The molecule has 0 heterocycles. The molecular formula is C8H15NO5S. The monoisotopic (exact) mass is 237 g/mol. The van der Waals surface area contributed by atoms with Crippen molar-refractivity contribution in [1.82, 2.24) is 5.32 Å². The van der Waals surface area contributed by atoms with Gasteiger partial charge in [0.05, 0.1) is 12.4 Å². The third-order valence-electron chi connectivity index (χ3n) is 1.38. The molecule has 0 unspecified atom stereocenters. The number of nitrogens with one attached hydrogen (secondary N) is 1. The van der Waals surface area contributed by atoms with Crippen molar-refractivity contribution in [1.29, 1.82) is 0 Å². The highest BCUT2D eigenvalue weighted by Gasteiger charge is 2.03. The third-order valence-corrected chi connectivity index (χ3v) is 2.10. The van der Waals surface area contributed by atoms with Crippen molar-refractivity contribution in [2.75, 3.05) is 18.9 Å². The molecule has 0 aliphatic heterocycles. The highest BCUT2D eigenvalue weighted by molar-refractivity contribution is 7.85. The summed E-state index contributed by atoms with van der Waals surface area (Å²) in [5.41, 5.74) is 0.483. The summed E-state index contributed by atoms with van der Waals surface area (Å²) in [4.78, 5) is 10.9. The number of ether oxygens (including phenoxy) is 1. The molecule has 0 aromatic carbocycles. The number of rotatable bonds is 6. The molecule has 88 valence electrons. The number of carbonyl (C=O) groups excluding carboxylic acids is 1. The van der Waals surface area contributed by atoms with Crippen LogP contribution in [0.3, 0.4) is 0 Å². The van der Waals surface area contributed by atoms with Gasteiger partial charge in [-0.2, -0.15) is 8.42 Å². The van der Waals surface area contributed by atoms with Gasteiger partial charge in [-0.3, -0.25) is 4.55 Å². The van der Waals surface area contributed by atoms with E-state index in [2.05, 4.69) is 10.1 Å². The molecule has 0 fully saturated rings. The Hall–Kier alpha value is -1.08. The molecule has 0 amide bonds. The van der Waals surface area contributed by atoms with Crippen LogP contribution in [0.15, 0.2) is 11.8 Å². The first-order valence-corrected chi connectivity index (χ1v) is 6.00. The number of hydrogen-bond acceptors (Lipinski definition) is 5. The fraction of sp³-hybridized carbons (Fsp3) is 0.625. The molecule has 0 aromatic heterocycles. The summed E-state index contributed by atoms with van der Waals surface area (Å²) in [6.07, 6.45) is 1.22. The van der Waals surface area contributed by atoms with E-state index in [9.17, 15) is 13.2 Å². The maximum atomic E-state index is 10.9. The predicted octanol–water partition coefficient (Wildman–Crippen LogP) is -0.0693. The Labute approximate surface area is 89.1 Å². The van der Waals surface area contributed by atoms with E-state index in [4.69, 9.17) is 4.55 Å². The van der Waals surface area contributed by atoms with Gasteiger partial charge in [0.2, 0.25) is 0 Å². The molecule has 0 aliphatic carbocycles. The van der Waals surface area contributed by atoms with Crippen molar-refractivity contribution in [2.24, 2.45) is 0 Å². The minimum atomic E-state index is -3.96. The van der Waals surface area contributed by atoms with E-state index >= 15 is 0 Å². The maximum Gasteiger partial charge on any atom is 0.332 e. The molecule has 0 bridgehead atoms. The normalized spacial score (nSPS) is 12.3. The molecule has 0 spiro atoms. The molecule has 0 aliphatic rings. The summed E-state index contributed by atoms with van der Waals surface area (Å²) in [5, 5.41) is 2.65. The lowest BCUT2D eigenvalue weighted by Gasteiger charge is -2.04. The first-order chi connectivity index (χ1) is 6.85. The maximum absolute atomic E-state index is 10.9. The van der Waals surface area contributed by atoms with Crippen LogP contribution in [0.2, 0.25) is 0 Å². The molecule has 0 atom stereocenters. The third kappa shape index (κ3) is 9.23. The smallest absolute Gasteiger partial charge is 0.332 e. The fourth-order valence-electron chi connectivity index (χ4n) is 0.789. The van der Waals surface area contributed by atoms with E-state index in [0.717, 1.165) is 0 Å². The number of esters is 1. The fourth-order valence-corrected chi connectivity index (χ4v) is 1.15. The molecule has 0 radical (unpaired) electrons. The molecule has 7 heteroatoms. The lowest BCUT2D eigenvalue weighted by Crippen LogP contribution is -2.21. The van der Waals surface area contributed by atoms with Gasteiger partial charge in [0.15, 0.2) is 0 Å². The molecule has 2 N–H and O–H groups in total. The van der Waals surface area contributed by atoms with Crippen LogP contribution in [0.25, 0.3) is 0 Å². The van der Waals surface area contributed by atoms with Crippen molar-refractivity contribution in [2.45, 2.75) is 13.8 Å². The Morgan fingerprint density at radius 2 is 2.13 bits per heavy atom. The summed E-state index contributed by atoms with van der Waals surface area (Å²) in [7, 11) is -3.96. The van der Waals surface area contributed by atoms with Gasteiger partial charge in [0, 0.05) is 18.3 Å². The van der Waals surface area contributed by atoms with Crippen LogP contribution in [0.4, 0.5) is 0 Å². The average molecular weight is 237 g/mol. The second-order valence-electron chi connectivity index (χ2n) is 2.79. The van der Waals surface area contributed by atoms with E-state index in [0.29, 0.717) is 5.70 Å². The van der Waals surface area contributed by atoms with E-state index in [1.165, 1.54) is 6.08 Å². The first-order valence-electron chi connectivity index (χ1n) is 4.39. The average Bonchev–Trinajstić information content (AvgIpc) is 2.01. The van der Waals surface area contributed by atoms with Crippen molar-refractivity contribution >= 4 is 16.1 Å². The zero-order valence-electron chi connectivity index (χ0n) is 8.69. The van der Waals surface area contributed by atoms with Crippen LogP contribution in [0, 0.1) is 0 Å². The first kappa shape index (κ1) is 13.9. The summed E-state index contributed by atoms with van der Waals surface area (Å²) >= 11 is 0. The Bertz CT molecular complexity index is 333. The van der Waals surface area contributed by atoms with Gasteiger partial charge in [-0.1, -0.05) is 0 Å². The summed E-state index contributed by atoms with van der Waals surface area (Å²) in [6, 6.07) is 0. The second-order valence-corrected chi connectivity index (χ2v) is 4.36. The molecule has 0 saturated heterocycles. The van der Waals surface area contributed by atoms with Crippen LogP contribution in [-0.2, 0) is 19.6 Å². The SMILES string of the molecule is CCOC(=O)/C=C(\C)NCCS(=O)(=O)O. The minimum absolute atomic E-state index is 0.0422. The van der Waals surface area contributed by atoms with Crippen LogP contribution in [0.1, 0.15) is 13.8 Å². The van der Waals surface area contributed by atoms with Crippen molar-refractivity contribution in [3.05, 3.63) is 11.8 Å². The highest BCUT2D eigenvalue weighted by Crippen LogP contribution is 1.90. The van der Waals surface area contributed by atoms with Crippen molar-refractivity contribution < 1.29 is 22.5 Å². The van der Waals surface area contributed by atoms with Gasteiger partial charge in [0.25, 0.3) is 10.1 Å². The van der Waals surface area contributed by atoms with Crippen LogP contribution in [-0.4, -0.2) is 37.8 Å². The van der Waals surface area contributed by atoms with Gasteiger partial charge in [-0.05, 0) is 13.8 Å². The van der Waals surface area contributed by atoms with Crippen LogP contribution < -0.4 is 5.32 Å². The lowest BCUT2D eigenvalue weighted by atomic mass is 10.4. The topological polar surface area (TPSA) is 92.7 Å². The molecule has 15 heavy (non-hydrogen) atoms. The zero-order valence-corrected chi connectivity index (χ0v) is 9.50. The Balaban J connectivity index is 3.93. The summed E-state index contributed by atoms with van der Waals surface area (Å²) in [5.74, 6) is -0.893. The van der Waals surface area contributed by atoms with Gasteiger partial charge in [-0.25, -0.2) is 4.79 Å². The molecule has 0 rings (SSSR count). The van der Waals surface area contributed by atoms with E-state index in [1.807, 2.05) is 0 Å². The Morgan fingerprint density at radius 1 is 1.53 bits per heavy atom. The second kappa shape index (κ2) is 6.41. The van der Waals surface area contributed by atoms with Crippen LogP contribution >= 0.6 is 0 Å². The summed E-state index contributed by atoms with van der Waals surface area (Å²) in [6.45, 7) is 3.61. The Morgan fingerprint density at radius 3 is 2.60 bits per heavy atom. The molecule has 0 aromatic rings. The number of carbonyl (C=O) groups is 1. The lowest BCUT2D eigenvalue weighted by molar-refractivity contribution is -0.137. The minimum Gasteiger partial charge on any atom is -0.463 e. The van der Waals surface area contributed by atoms with Crippen molar-refractivity contribution in [3.63, 3.8) is 0 Å². The largest absolute Gasteiger partial charge is 0.463 e. The quantitative estimate of drug-likeness (QED) is 0.381. The number of allylic oxidation sites excluding steroid dienone is 1.